The molecule has 2 N–H and O–H groups in total. The van der Waals surface area contributed by atoms with E-state index in [1.165, 1.54) is 4.90 Å². The van der Waals surface area contributed by atoms with Gasteiger partial charge in [-0.25, -0.2) is 4.79 Å². The summed E-state index contributed by atoms with van der Waals surface area (Å²) in [5.74, 6) is -0.211. The van der Waals surface area contributed by atoms with Gasteiger partial charge in [0.25, 0.3) is 5.91 Å². The molecule has 0 spiro atoms. The van der Waals surface area contributed by atoms with Crippen molar-refractivity contribution in [2.75, 3.05) is 26.2 Å². The molecular formula is C21H25FN4O4S. The number of hydrogen-bond donors (Lipinski definition) is 2. The second-order valence-electron chi connectivity index (χ2n) is 7.36. The Kier molecular flexibility index (Phi) is 7.24. The molecule has 1 aliphatic heterocycles. The molecule has 0 bridgehead atoms. The molecule has 1 aliphatic rings. The third kappa shape index (κ3) is 6.50. The monoisotopic (exact) mass is 448 g/mol. The Morgan fingerprint density at radius 2 is 1.58 bits per heavy atom. The van der Waals surface area contributed by atoms with Crippen molar-refractivity contribution in [3.8, 4) is 0 Å². The summed E-state index contributed by atoms with van der Waals surface area (Å²) in [5.41, 5.74) is 3.39. The van der Waals surface area contributed by atoms with E-state index >= 15 is 0 Å². The molecular weight excluding hydrogens is 423 g/mol. The van der Waals surface area contributed by atoms with E-state index in [-0.39, 0.29) is 44.7 Å². The Hall–Kier alpha value is -2.98. The van der Waals surface area contributed by atoms with Crippen molar-refractivity contribution < 1.29 is 21.9 Å². The van der Waals surface area contributed by atoms with Crippen LogP contribution in [0, 0.1) is 6.92 Å². The molecule has 0 aromatic heterocycles. The molecule has 2 aromatic carbocycles. The minimum Gasteiger partial charge on any atom is -0.348 e. The van der Waals surface area contributed by atoms with Gasteiger partial charge in [0.1, 0.15) is 0 Å². The topological polar surface area (TPSA) is 98.8 Å². The number of rotatable bonds is 6. The van der Waals surface area contributed by atoms with Crippen LogP contribution in [-0.4, -0.2) is 55.7 Å². The Labute approximate surface area is 181 Å². The van der Waals surface area contributed by atoms with Crippen LogP contribution < -0.4 is 10.6 Å². The number of carbonyl (C=O) groups is 2. The third-order valence-corrected chi connectivity index (χ3v) is 6.02. The lowest BCUT2D eigenvalue weighted by molar-refractivity contribution is 0.0950. The van der Waals surface area contributed by atoms with Gasteiger partial charge in [-0.15, -0.1) is 0 Å². The Morgan fingerprint density at radius 3 is 2.23 bits per heavy atom. The summed E-state index contributed by atoms with van der Waals surface area (Å²) in [5, 5.41) is 5.62. The minimum atomic E-state index is -4.73. The average Bonchev–Trinajstić information content (AvgIpc) is 2.76. The van der Waals surface area contributed by atoms with Crippen LogP contribution in [-0.2, 0) is 23.5 Å². The maximum absolute atomic E-state index is 13.0. The van der Waals surface area contributed by atoms with Crippen molar-refractivity contribution in [2.45, 2.75) is 20.0 Å². The quantitative estimate of drug-likeness (QED) is 0.660. The first-order valence-electron chi connectivity index (χ1n) is 9.87. The lowest BCUT2D eigenvalue weighted by atomic mass is 10.1. The van der Waals surface area contributed by atoms with Gasteiger partial charge in [-0.3, -0.25) is 4.79 Å². The van der Waals surface area contributed by atoms with Crippen molar-refractivity contribution in [1.29, 1.82) is 0 Å². The van der Waals surface area contributed by atoms with E-state index in [1.54, 1.807) is 24.3 Å². The first kappa shape index (κ1) is 22.7. The smallest absolute Gasteiger partial charge is 0.348 e. The highest BCUT2D eigenvalue weighted by Crippen LogP contribution is 2.10. The molecule has 2 aromatic rings. The number of halogens is 1. The molecule has 8 nitrogen and oxygen atoms in total. The van der Waals surface area contributed by atoms with Gasteiger partial charge >= 0.3 is 16.4 Å². The number of carbonyl (C=O) groups excluding carboxylic acids is 2. The van der Waals surface area contributed by atoms with Crippen LogP contribution in [0.1, 0.15) is 27.0 Å². The fraction of sp³-hybridized carbons (Fsp3) is 0.333. The standard InChI is InChI=1S/C21H25FN4O4S/c1-16-5-7-17(8-6-16)14-23-20(27)19-4-2-3-18(13-19)15-24-21(28)25-9-11-26(12-10-25)31(22,29)30/h2-8,13H,9-12,14-15H2,1H3,(H,23,27)(H,24,28). The van der Waals surface area contributed by atoms with Crippen molar-refractivity contribution in [1.82, 2.24) is 19.8 Å². The third-order valence-electron chi connectivity index (χ3n) is 5.04. The molecule has 166 valence electrons. The summed E-state index contributed by atoms with van der Waals surface area (Å²) in [6, 6.07) is 14.5. The lowest BCUT2D eigenvalue weighted by Gasteiger charge is -2.31. The second kappa shape index (κ2) is 9.88. The van der Waals surface area contributed by atoms with Crippen LogP contribution in [0.25, 0.3) is 0 Å². The molecule has 10 heteroatoms. The molecule has 3 amide bonds. The SMILES string of the molecule is Cc1ccc(CNC(=O)c2cccc(CNC(=O)N3CCN(S(=O)(=O)F)CC3)c2)cc1. The van der Waals surface area contributed by atoms with E-state index in [0.717, 1.165) is 16.7 Å². The number of aryl methyl sites for hydroxylation is 1. The van der Waals surface area contributed by atoms with Gasteiger partial charge in [0, 0.05) is 44.8 Å². The van der Waals surface area contributed by atoms with E-state index in [0.29, 0.717) is 16.4 Å². The number of nitrogens with one attached hydrogen (secondary N) is 2. The summed E-state index contributed by atoms with van der Waals surface area (Å²) in [4.78, 5) is 26.2. The minimum absolute atomic E-state index is 0.0805. The second-order valence-corrected chi connectivity index (χ2v) is 8.70. The highest BCUT2D eigenvalue weighted by atomic mass is 32.3. The van der Waals surface area contributed by atoms with E-state index in [2.05, 4.69) is 10.6 Å². The van der Waals surface area contributed by atoms with E-state index < -0.39 is 10.4 Å². The molecule has 1 heterocycles. The maximum Gasteiger partial charge on any atom is 0.374 e. The Morgan fingerprint density at radius 1 is 0.935 bits per heavy atom. The van der Waals surface area contributed by atoms with Gasteiger partial charge in [0.05, 0.1) is 0 Å². The summed E-state index contributed by atoms with van der Waals surface area (Å²) in [7, 11) is -4.73. The maximum atomic E-state index is 13.0. The molecule has 31 heavy (non-hydrogen) atoms. The molecule has 0 saturated carbocycles. The normalized spacial score (nSPS) is 14.8. The predicted octanol–water partition coefficient (Wildman–Crippen LogP) is 1.97. The van der Waals surface area contributed by atoms with Crippen molar-refractivity contribution in [2.24, 2.45) is 0 Å². The molecule has 0 atom stereocenters. The summed E-state index contributed by atoms with van der Waals surface area (Å²) < 4.78 is 35.5. The van der Waals surface area contributed by atoms with Crippen molar-refractivity contribution >= 4 is 22.3 Å². The van der Waals surface area contributed by atoms with Gasteiger partial charge in [-0.1, -0.05) is 45.8 Å². The zero-order valence-corrected chi connectivity index (χ0v) is 18.0. The van der Waals surface area contributed by atoms with E-state index in [9.17, 15) is 21.9 Å². The first-order valence-corrected chi connectivity index (χ1v) is 11.2. The highest BCUT2D eigenvalue weighted by molar-refractivity contribution is 7.83. The van der Waals surface area contributed by atoms with Gasteiger partial charge in [-0.2, -0.15) is 12.7 Å². The average molecular weight is 449 g/mol. The highest BCUT2D eigenvalue weighted by Gasteiger charge is 2.28. The lowest BCUT2D eigenvalue weighted by Crippen LogP contribution is -2.52. The fourth-order valence-corrected chi connectivity index (χ4v) is 3.81. The summed E-state index contributed by atoms with van der Waals surface area (Å²) in [6.45, 7) is 2.68. The van der Waals surface area contributed by atoms with Gasteiger partial charge in [0.15, 0.2) is 0 Å². The number of urea groups is 1. The molecule has 1 saturated heterocycles. The van der Waals surface area contributed by atoms with Crippen LogP contribution in [0.15, 0.2) is 48.5 Å². The van der Waals surface area contributed by atoms with Gasteiger partial charge in [-0.05, 0) is 30.2 Å². The first-order chi connectivity index (χ1) is 14.7. The Bertz CT molecular complexity index is 1040. The summed E-state index contributed by atoms with van der Waals surface area (Å²) >= 11 is 0. The van der Waals surface area contributed by atoms with Crippen LogP contribution in [0.3, 0.4) is 0 Å². The van der Waals surface area contributed by atoms with Crippen LogP contribution >= 0.6 is 0 Å². The van der Waals surface area contributed by atoms with Crippen LogP contribution in [0.2, 0.25) is 0 Å². The van der Waals surface area contributed by atoms with Gasteiger partial charge in [0.2, 0.25) is 0 Å². The van der Waals surface area contributed by atoms with Crippen LogP contribution in [0.5, 0.6) is 0 Å². The number of nitrogens with zero attached hydrogens (tertiary/aromatic N) is 2. The zero-order valence-electron chi connectivity index (χ0n) is 17.2. The molecule has 1 fully saturated rings. The van der Waals surface area contributed by atoms with Crippen LogP contribution in [0.4, 0.5) is 8.68 Å². The van der Waals surface area contributed by atoms with Gasteiger partial charge < -0.3 is 15.5 Å². The van der Waals surface area contributed by atoms with Crippen molar-refractivity contribution in [3.05, 3.63) is 70.8 Å². The number of amides is 3. The van der Waals surface area contributed by atoms with Crippen molar-refractivity contribution in [3.63, 3.8) is 0 Å². The predicted molar refractivity (Wildman–Crippen MR) is 114 cm³/mol. The number of piperazine rings is 1. The Balaban J connectivity index is 1.49. The molecule has 3 rings (SSSR count). The van der Waals surface area contributed by atoms with E-state index in [4.69, 9.17) is 0 Å². The zero-order chi connectivity index (χ0) is 22.4. The number of hydrogen-bond acceptors (Lipinski definition) is 4. The molecule has 0 aliphatic carbocycles. The number of benzene rings is 2. The largest absolute Gasteiger partial charge is 0.374 e. The summed E-state index contributed by atoms with van der Waals surface area (Å²) in [6.07, 6.45) is 0. The fourth-order valence-electron chi connectivity index (χ4n) is 3.21. The molecule has 0 radical (unpaired) electrons. The molecule has 0 unspecified atom stereocenters. The van der Waals surface area contributed by atoms with E-state index in [1.807, 2.05) is 31.2 Å².